The zero-order valence-electron chi connectivity index (χ0n) is 10.9. The van der Waals surface area contributed by atoms with E-state index >= 15 is 0 Å². The summed E-state index contributed by atoms with van der Waals surface area (Å²) in [4.78, 5) is 0. The average Bonchev–Trinajstić information content (AvgIpc) is 2.50. The molecule has 0 bridgehead atoms. The van der Waals surface area contributed by atoms with E-state index in [9.17, 15) is 0 Å². The number of nitriles is 2. The molecule has 0 unspecified atom stereocenters. The maximum Gasteiger partial charge on any atom is 0.150 e. The Hall–Kier alpha value is -2.95. The molecule has 102 valence electrons. The van der Waals surface area contributed by atoms with Gasteiger partial charge < -0.3 is 10.1 Å². The van der Waals surface area contributed by atoms with Gasteiger partial charge in [-0.3, -0.25) is 0 Å². The van der Waals surface area contributed by atoms with E-state index in [4.69, 9.17) is 26.9 Å². The Morgan fingerprint density at radius 1 is 1.10 bits per heavy atom. The number of hydrogen-bond acceptors (Lipinski definition) is 4. The van der Waals surface area contributed by atoms with E-state index in [1.165, 1.54) is 6.20 Å². The van der Waals surface area contributed by atoms with E-state index in [2.05, 4.69) is 5.32 Å². The number of anilines is 1. The Kier molecular flexibility index (Phi) is 4.82. The van der Waals surface area contributed by atoms with Crippen LogP contribution in [0.3, 0.4) is 0 Å². The topological polar surface area (TPSA) is 68.8 Å². The van der Waals surface area contributed by atoms with Crippen molar-refractivity contribution < 1.29 is 4.74 Å². The Labute approximate surface area is 127 Å². The van der Waals surface area contributed by atoms with E-state index in [1.807, 2.05) is 12.1 Å². The van der Waals surface area contributed by atoms with Crippen molar-refractivity contribution in [2.75, 3.05) is 5.32 Å². The first-order valence-electron chi connectivity index (χ1n) is 6.02. The van der Waals surface area contributed by atoms with E-state index in [-0.39, 0.29) is 5.57 Å². The molecular weight excluding hydrogens is 286 g/mol. The van der Waals surface area contributed by atoms with Gasteiger partial charge in [-0.15, -0.1) is 0 Å². The molecule has 0 spiro atoms. The van der Waals surface area contributed by atoms with Gasteiger partial charge >= 0.3 is 0 Å². The molecule has 1 N–H and O–H groups in total. The molecule has 5 heteroatoms. The number of para-hydroxylation sites is 2. The summed E-state index contributed by atoms with van der Waals surface area (Å²) in [7, 11) is 0. The lowest BCUT2D eigenvalue weighted by molar-refractivity contribution is 0.485. The van der Waals surface area contributed by atoms with Crippen LogP contribution >= 0.6 is 11.6 Å². The molecule has 0 aromatic heterocycles. The molecule has 0 aliphatic heterocycles. The minimum absolute atomic E-state index is 0.0208. The van der Waals surface area contributed by atoms with Crippen LogP contribution in [-0.2, 0) is 0 Å². The molecule has 21 heavy (non-hydrogen) atoms. The summed E-state index contributed by atoms with van der Waals surface area (Å²) in [5.41, 5.74) is 0.619. The fraction of sp³-hybridized carbons (Fsp3) is 0. The number of benzene rings is 2. The summed E-state index contributed by atoms with van der Waals surface area (Å²) in [6.45, 7) is 0. The third-order valence-electron chi connectivity index (χ3n) is 2.52. The van der Waals surface area contributed by atoms with Crippen molar-refractivity contribution in [3.8, 4) is 23.6 Å². The first kappa shape index (κ1) is 14.5. The monoisotopic (exact) mass is 295 g/mol. The van der Waals surface area contributed by atoms with Crippen molar-refractivity contribution in [3.05, 3.63) is 65.3 Å². The van der Waals surface area contributed by atoms with Gasteiger partial charge in [0.15, 0.2) is 5.75 Å². The van der Waals surface area contributed by atoms with E-state index < -0.39 is 0 Å². The summed E-state index contributed by atoms with van der Waals surface area (Å²) in [6, 6.07) is 17.8. The lowest BCUT2D eigenvalue weighted by Gasteiger charge is -2.11. The Morgan fingerprint density at radius 3 is 2.57 bits per heavy atom. The van der Waals surface area contributed by atoms with Gasteiger partial charge in [-0.25, -0.2) is 0 Å². The summed E-state index contributed by atoms with van der Waals surface area (Å²) in [5.74, 6) is 1.16. The summed E-state index contributed by atoms with van der Waals surface area (Å²) in [5, 5.41) is 20.9. The van der Waals surface area contributed by atoms with Crippen LogP contribution in [0, 0.1) is 22.7 Å². The molecule has 0 amide bonds. The lowest BCUT2D eigenvalue weighted by atomic mass is 10.2. The zero-order valence-corrected chi connectivity index (χ0v) is 11.6. The van der Waals surface area contributed by atoms with Gasteiger partial charge in [0, 0.05) is 11.2 Å². The SMILES string of the molecule is N#CC(C#N)=CNc1ccccc1Oc1cccc(Cl)c1. The van der Waals surface area contributed by atoms with Gasteiger partial charge in [0.05, 0.1) is 5.69 Å². The molecule has 2 aromatic rings. The van der Waals surface area contributed by atoms with Crippen LogP contribution in [0.2, 0.25) is 5.02 Å². The predicted octanol–water partition coefficient (Wildman–Crippen LogP) is 4.48. The number of nitrogens with one attached hydrogen (secondary N) is 1. The molecule has 2 rings (SSSR count). The van der Waals surface area contributed by atoms with Crippen LogP contribution in [0.1, 0.15) is 0 Å². The second-order valence-electron chi connectivity index (χ2n) is 3.98. The molecule has 4 nitrogen and oxygen atoms in total. The molecule has 0 aliphatic rings. The van der Waals surface area contributed by atoms with Crippen molar-refractivity contribution >= 4 is 17.3 Å². The number of allylic oxidation sites excluding steroid dienone is 1. The number of hydrogen-bond donors (Lipinski definition) is 1. The highest BCUT2D eigenvalue weighted by molar-refractivity contribution is 6.30. The maximum absolute atomic E-state index is 8.71. The molecule has 2 aromatic carbocycles. The van der Waals surface area contributed by atoms with Crippen molar-refractivity contribution in [1.82, 2.24) is 0 Å². The Balaban J connectivity index is 2.24. The Bertz CT molecular complexity index is 741. The first-order valence-corrected chi connectivity index (χ1v) is 6.40. The average molecular weight is 296 g/mol. The van der Waals surface area contributed by atoms with E-state index in [0.717, 1.165) is 0 Å². The van der Waals surface area contributed by atoms with E-state index in [0.29, 0.717) is 22.2 Å². The molecule has 0 fully saturated rings. The van der Waals surface area contributed by atoms with Crippen molar-refractivity contribution in [1.29, 1.82) is 10.5 Å². The van der Waals surface area contributed by atoms with Gasteiger partial charge in [-0.2, -0.15) is 10.5 Å². The van der Waals surface area contributed by atoms with Crippen LogP contribution in [0.25, 0.3) is 0 Å². The highest BCUT2D eigenvalue weighted by Crippen LogP contribution is 2.30. The number of nitrogens with zero attached hydrogens (tertiary/aromatic N) is 2. The third kappa shape index (κ3) is 4.01. The molecule has 0 saturated carbocycles. The van der Waals surface area contributed by atoms with Gasteiger partial charge in [-0.05, 0) is 30.3 Å². The van der Waals surface area contributed by atoms with Gasteiger partial charge in [0.1, 0.15) is 23.5 Å². The normalized spacial score (nSPS) is 9.10. The van der Waals surface area contributed by atoms with Gasteiger partial charge in [-0.1, -0.05) is 29.8 Å². The van der Waals surface area contributed by atoms with E-state index in [1.54, 1.807) is 48.5 Å². The largest absolute Gasteiger partial charge is 0.455 e. The molecule has 0 atom stereocenters. The van der Waals surface area contributed by atoms with Crippen LogP contribution in [0.4, 0.5) is 5.69 Å². The molecule has 0 saturated heterocycles. The zero-order chi connectivity index (χ0) is 15.1. The highest BCUT2D eigenvalue weighted by atomic mass is 35.5. The standard InChI is InChI=1S/C16H10ClN3O/c17-13-4-3-5-14(8-13)21-16-7-2-1-6-15(16)20-11-12(9-18)10-19/h1-8,11,20H. The molecule has 0 aliphatic carbocycles. The highest BCUT2D eigenvalue weighted by Gasteiger charge is 2.04. The fourth-order valence-electron chi connectivity index (χ4n) is 1.57. The van der Waals surface area contributed by atoms with Crippen LogP contribution in [0.5, 0.6) is 11.5 Å². The van der Waals surface area contributed by atoms with Crippen LogP contribution < -0.4 is 10.1 Å². The van der Waals surface area contributed by atoms with Crippen LogP contribution in [-0.4, -0.2) is 0 Å². The third-order valence-corrected chi connectivity index (χ3v) is 2.76. The second-order valence-corrected chi connectivity index (χ2v) is 4.42. The quantitative estimate of drug-likeness (QED) is 0.845. The summed E-state index contributed by atoms with van der Waals surface area (Å²) < 4.78 is 5.75. The lowest BCUT2D eigenvalue weighted by Crippen LogP contribution is -1.94. The summed E-state index contributed by atoms with van der Waals surface area (Å²) >= 11 is 5.91. The number of rotatable bonds is 4. The minimum atomic E-state index is -0.0208. The molecule has 0 radical (unpaired) electrons. The molecular formula is C16H10ClN3O. The van der Waals surface area contributed by atoms with Crippen molar-refractivity contribution in [2.45, 2.75) is 0 Å². The van der Waals surface area contributed by atoms with Gasteiger partial charge in [0.2, 0.25) is 0 Å². The van der Waals surface area contributed by atoms with Crippen molar-refractivity contribution in [2.24, 2.45) is 0 Å². The smallest absolute Gasteiger partial charge is 0.150 e. The van der Waals surface area contributed by atoms with Crippen LogP contribution in [0.15, 0.2) is 60.3 Å². The van der Waals surface area contributed by atoms with Gasteiger partial charge in [0.25, 0.3) is 0 Å². The second kappa shape index (κ2) is 7.00. The minimum Gasteiger partial charge on any atom is -0.455 e. The summed E-state index contributed by atoms with van der Waals surface area (Å²) in [6.07, 6.45) is 1.33. The predicted molar refractivity (Wildman–Crippen MR) is 80.9 cm³/mol. The fourth-order valence-corrected chi connectivity index (χ4v) is 1.75. The maximum atomic E-state index is 8.71. The van der Waals surface area contributed by atoms with Crippen molar-refractivity contribution in [3.63, 3.8) is 0 Å². The molecule has 0 heterocycles. The number of ether oxygens (including phenoxy) is 1. The first-order chi connectivity index (χ1) is 10.2. The Morgan fingerprint density at radius 2 is 1.86 bits per heavy atom. The number of halogens is 1.